The molecule has 3 heterocycles. The highest BCUT2D eigenvalue weighted by Gasteiger charge is 2.22. The van der Waals surface area contributed by atoms with Gasteiger partial charge in [0.05, 0.1) is 10.9 Å². The Kier molecular flexibility index (Phi) is 3.94. The van der Waals surface area contributed by atoms with Crippen LogP contribution in [0.5, 0.6) is 0 Å². The van der Waals surface area contributed by atoms with Gasteiger partial charge in [-0.3, -0.25) is 5.10 Å². The van der Waals surface area contributed by atoms with Gasteiger partial charge in [0.2, 0.25) is 0 Å². The van der Waals surface area contributed by atoms with E-state index in [1.54, 1.807) is 12.3 Å². The number of likely N-dealkylation sites (N-methyl/N-ethyl adjacent to an activating group) is 1. The summed E-state index contributed by atoms with van der Waals surface area (Å²) in [7, 11) is 2.07. The van der Waals surface area contributed by atoms with Gasteiger partial charge in [0.1, 0.15) is 5.15 Å². The van der Waals surface area contributed by atoms with Crippen LogP contribution in [-0.4, -0.2) is 41.4 Å². The molecule has 0 bridgehead atoms. The Hall–Kier alpha value is -1.04. The number of hydrogen-bond donors (Lipinski definition) is 2. The molecule has 1 aliphatic heterocycles. The van der Waals surface area contributed by atoms with Gasteiger partial charge in [-0.15, -0.1) is 12.4 Å². The molecule has 2 aromatic rings. The second kappa shape index (κ2) is 5.30. The van der Waals surface area contributed by atoms with Gasteiger partial charge < -0.3 is 10.2 Å². The van der Waals surface area contributed by atoms with Gasteiger partial charge >= 0.3 is 0 Å². The first kappa shape index (κ1) is 13.4. The molecule has 0 aliphatic carbocycles. The van der Waals surface area contributed by atoms with Crippen LogP contribution in [0.4, 0.5) is 5.82 Å². The molecule has 1 atom stereocenters. The van der Waals surface area contributed by atoms with Gasteiger partial charge in [0.15, 0.2) is 5.82 Å². The predicted molar refractivity (Wildman–Crippen MR) is 75.8 cm³/mol. The van der Waals surface area contributed by atoms with Crippen molar-refractivity contribution in [3.63, 3.8) is 0 Å². The van der Waals surface area contributed by atoms with Gasteiger partial charge in [-0.05, 0) is 13.0 Å². The zero-order chi connectivity index (χ0) is 11.8. The quantitative estimate of drug-likeness (QED) is 0.828. The smallest absolute Gasteiger partial charge is 0.159 e. The maximum atomic E-state index is 5.85. The first-order chi connectivity index (χ1) is 8.25. The zero-order valence-corrected chi connectivity index (χ0v) is 11.6. The Morgan fingerprint density at radius 2 is 2.33 bits per heavy atom. The molecule has 0 radical (unpaired) electrons. The van der Waals surface area contributed by atoms with E-state index in [1.807, 2.05) is 0 Å². The van der Waals surface area contributed by atoms with Crippen LogP contribution in [0.2, 0.25) is 5.15 Å². The minimum absolute atomic E-state index is 0. The molecule has 0 aromatic carbocycles. The molecule has 2 N–H and O–H groups in total. The summed E-state index contributed by atoms with van der Waals surface area (Å²) in [5, 5.41) is 12.2. The summed E-state index contributed by atoms with van der Waals surface area (Å²) < 4.78 is 0. The Morgan fingerprint density at radius 1 is 1.50 bits per heavy atom. The molecule has 0 spiro atoms. The average Bonchev–Trinajstić information content (AvgIpc) is 2.96. The van der Waals surface area contributed by atoms with Crippen LogP contribution < -0.4 is 10.2 Å². The van der Waals surface area contributed by atoms with Crippen LogP contribution in [-0.2, 0) is 0 Å². The number of nitrogens with one attached hydrogen (secondary N) is 2. The van der Waals surface area contributed by atoms with Crippen LogP contribution >= 0.6 is 24.0 Å². The number of fused-ring (bicyclic) bond motifs is 1. The zero-order valence-electron chi connectivity index (χ0n) is 9.98. The first-order valence-electron chi connectivity index (χ1n) is 5.69. The van der Waals surface area contributed by atoms with Crippen molar-refractivity contribution in [2.45, 2.75) is 12.5 Å². The average molecular weight is 288 g/mol. The highest BCUT2D eigenvalue weighted by Crippen LogP contribution is 2.26. The lowest BCUT2D eigenvalue weighted by atomic mass is 10.2. The molecule has 1 unspecified atom stereocenters. The summed E-state index contributed by atoms with van der Waals surface area (Å²) in [4.78, 5) is 6.32. The fraction of sp³-hybridized carbons (Fsp3) is 0.455. The van der Waals surface area contributed by atoms with Gasteiger partial charge in [-0.1, -0.05) is 11.6 Å². The van der Waals surface area contributed by atoms with Crippen LogP contribution in [0, 0.1) is 0 Å². The van der Waals surface area contributed by atoms with Gasteiger partial charge in [0, 0.05) is 31.9 Å². The minimum Gasteiger partial charge on any atom is -0.353 e. The van der Waals surface area contributed by atoms with Crippen LogP contribution in [0.1, 0.15) is 6.42 Å². The molecule has 0 amide bonds. The summed E-state index contributed by atoms with van der Waals surface area (Å²) in [6.45, 7) is 2.08. The number of H-pyrrole nitrogens is 1. The van der Waals surface area contributed by atoms with Crippen molar-refractivity contribution < 1.29 is 0 Å². The van der Waals surface area contributed by atoms with Crippen molar-refractivity contribution in [1.29, 1.82) is 0 Å². The Balaban J connectivity index is 0.00000120. The summed E-state index contributed by atoms with van der Waals surface area (Å²) in [5.74, 6) is 0.942. The summed E-state index contributed by atoms with van der Waals surface area (Å²) in [6, 6.07) is 2.30. The normalized spacial score (nSPS) is 18.9. The molecule has 5 nitrogen and oxygen atoms in total. The van der Waals surface area contributed by atoms with E-state index in [2.05, 4.69) is 32.4 Å². The highest BCUT2D eigenvalue weighted by atomic mass is 35.5. The number of aromatic amines is 1. The first-order valence-corrected chi connectivity index (χ1v) is 6.06. The second-order valence-corrected chi connectivity index (χ2v) is 4.74. The third-order valence-corrected chi connectivity index (χ3v) is 3.52. The number of halogens is 2. The lowest BCUT2D eigenvalue weighted by Crippen LogP contribution is -2.33. The van der Waals surface area contributed by atoms with Crippen molar-refractivity contribution in [2.75, 3.05) is 25.0 Å². The van der Waals surface area contributed by atoms with E-state index in [0.29, 0.717) is 11.2 Å². The van der Waals surface area contributed by atoms with E-state index in [1.165, 1.54) is 0 Å². The number of anilines is 1. The van der Waals surface area contributed by atoms with Crippen molar-refractivity contribution in [3.8, 4) is 0 Å². The van der Waals surface area contributed by atoms with Gasteiger partial charge in [-0.25, -0.2) is 4.98 Å². The number of pyridine rings is 1. The third-order valence-electron chi connectivity index (χ3n) is 3.31. The largest absolute Gasteiger partial charge is 0.353 e. The van der Waals surface area contributed by atoms with E-state index in [4.69, 9.17) is 11.6 Å². The molecule has 7 heteroatoms. The number of nitrogens with zero attached hydrogens (tertiary/aromatic N) is 3. The van der Waals surface area contributed by atoms with Crippen molar-refractivity contribution in [3.05, 3.63) is 17.4 Å². The van der Waals surface area contributed by atoms with E-state index >= 15 is 0 Å². The summed E-state index contributed by atoms with van der Waals surface area (Å²) in [6.07, 6.45) is 2.92. The number of hydrogen-bond acceptors (Lipinski definition) is 4. The van der Waals surface area contributed by atoms with Crippen molar-refractivity contribution >= 4 is 40.7 Å². The maximum absolute atomic E-state index is 5.85. The van der Waals surface area contributed by atoms with Crippen molar-refractivity contribution in [1.82, 2.24) is 20.5 Å². The highest BCUT2D eigenvalue weighted by molar-refractivity contribution is 6.30. The second-order valence-electron chi connectivity index (χ2n) is 4.36. The molecule has 18 heavy (non-hydrogen) atoms. The lowest BCUT2D eigenvalue weighted by molar-refractivity contribution is 0.678. The number of aromatic nitrogens is 3. The molecular weight excluding hydrogens is 273 g/mol. The molecule has 1 aliphatic rings. The SMILES string of the molecule is CN(c1n[nH]c2cc(Cl)ncc12)C1CCNC1.Cl. The van der Waals surface area contributed by atoms with E-state index in [9.17, 15) is 0 Å². The summed E-state index contributed by atoms with van der Waals surface area (Å²) >= 11 is 5.85. The van der Waals surface area contributed by atoms with Crippen LogP contribution in [0.25, 0.3) is 10.9 Å². The molecule has 2 aromatic heterocycles. The third kappa shape index (κ3) is 2.25. The van der Waals surface area contributed by atoms with E-state index in [-0.39, 0.29) is 12.4 Å². The Morgan fingerprint density at radius 3 is 3.06 bits per heavy atom. The Labute approximate surface area is 116 Å². The monoisotopic (exact) mass is 287 g/mol. The molecular formula is C11H15Cl2N5. The van der Waals surface area contributed by atoms with E-state index < -0.39 is 0 Å². The minimum atomic E-state index is 0. The fourth-order valence-electron chi connectivity index (χ4n) is 2.29. The van der Waals surface area contributed by atoms with Gasteiger partial charge in [0.25, 0.3) is 0 Å². The number of rotatable bonds is 2. The lowest BCUT2D eigenvalue weighted by Gasteiger charge is -2.23. The van der Waals surface area contributed by atoms with Crippen LogP contribution in [0.15, 0.2) is 12.3 Å². The van der Waals surface area contributed by atoms with E-state index in [0.717, 1.165) is 36.2 Å². The molecule has 0 saturated carbocycles. The Bertz CT molecular complexity index is 535. The topological polar surface area (TPSA) is 56.8 Å². The standard InChI is InChI=1S/C11H14ClN5.ClH/c1-17(7-2-3-13-5-7)11-8-6-14-10(12)4-9(8)15-16-11;/h4,6-7,13H,2-3,5H2,1H3,(H,15,16);1H. The summed E-state index contributed by atoms with van der Waals surface area (Å²) in [5.41, 5.74) is 0.929. The fourth-order valence-corrected chi connectivity index (χ4v) is 2.44. The van der Waals surface area contributed by atoms with Gasteiger partial charge in [-0.2, -0.15) is 5.10 Å². The predicted octanol–water partition coefficient (Wildman–Crippen LogP) is 1.83. The van der Waals surface area contributed by atoms with Crippen molar-refractivity contribution in [2.24, 2.45) is 0 Å². The molecule has 3 rings (SSSR count). The molecule has 1 saturated heterocycles. The molecule has 1 fully saturated rings. The molecule has 98 valence electrons. The van der Waals surface area contributed by atoms with Crippen LogP contribution in [0.3, 0.4) is 0 Å². The maximum Gasteiger partial charge on any atom is 0.159 e.